The van der Waals surface area contributed by atoms with Gasteiger partial charge in [-0.05, 0) is 58.0 Å². The minimum absolute atomic E-state index is 0. The summed E-state index contributed by atoms with van der Waals surface area (Å²) in [6.07, 6.45) is 8.40. The monoisotopic (exact) mass is 612 g/mol. The molecule has 4 aliphatic rings. The number of hydrogen-bond donors (Lipinski definition) is 0. The van der Waals surface area contributed by atoms with Gasteiger partial charge in [-0.2, -0.15) is 0 Å². The zero-order chi connectivity index (χ0) is 21.7. The number of halogens is 2. The first-order valence-electron chi connectivity index (χ1n) is 11.1. The fourth-order valence-electron chi connectivity index (χ4n) is 7.05. The molecule has 7 heteroatoms. The summed E-state index contributed by atoms with van der Waals surface area (Å²) in [6, 6.07) is 0. The Kier molecular flexibility index (Phi) is 11.9. The van der Waals surface area contributed by atoms with E-state index in [1.165, 1.54) is 6.42 Å². The van der Waals surface area contributed by atoms with Gasteiger partial charge in [0.1, 0.15) is 0 Å². The van der Waals surface area contributed by atoms with Crippen LogP contribution in [0.25, 0.3) is 0 Å². The molecule has 4 rings (SSSR count). The summed E-state index contributed by atoms with van der Waals surface area (Å²) in [4.78, 5) is 3.21. The second kappa shape index (κ2) is 11.9. The molecule has 0 bridgehead atoms. The van der Waals surface area contributed by atoms with Crippen molar-refractivity contribution in [3.05, 3.63) is 36.8 Å². The number of rotatable bonds is 3. The molecule has 0 amide bonds. The van der Waals surface area contributed by atoms with E-state index in [0.717, 1.165) is 44.9 Å². The molecule has 0 N–H and O–H groups in total. The van der Waals surface area contributed by atoms with Crippen LogP contribution in [0.3, 0.4) is 0 Å². The van der Waals surface area contributed by atoms with Gasteiger partial charge >= 0.3 is 37.9 Å². The molecule has 0 saturated heterocycles. The summed E-state index contributed by atoms with van der Waals surface area (Å²) in [5, 5.41) is 1.79. The van der Waals surface area contributed by atoms with Crippen molar-refractivity contribution in [2.24, 2.45) is 17.8 Å². The van der Waals surface area contributed by atoms with Crippen LogP contribution in [0.5, 0.6) is 0 Å². The van der Waals surface area contributed by atoms with Crippen LogP contribution in [0, 0.1) is 32.6 Å². The number of allylic oxidation sites excluding steroid dienone is 4. The Labute approximate surface area is 223 Å². The number of fused-ring (bicyclic) bond motifs is 3. The van der Waals surface area contributed by atoms with E-state index in [4.69, 9.17) is 17.0 Å². The topological polar surface area (TPSA) is 0 Å². The zero-order valence-electron chi connectivity index (χ0n) is 21.3. The van der Waals surface area contributed by atoms with Crippen molar-refractivity contribution in [2.75, 3.05) is 0 Å². The quantitative estimate of drug-likeness (QED) is 0.229. The van der Waals surface area contributed by atoms with Crippen LogP contribution in [-0.4, -0.2) is 26.6 Å². The van der Waals surface area contributed by atoms with Crippen molar-refractivity contribution in [1.29, 1.82) is 0 Å². The van der Waals surface area contributed by atoms with Gasteiger partial charge in [-0.15, -0.1) is 23.5 Å². The zero-order valence-corrected chi connectivity index (χ0v) is 28.9. The van der Waals surface area contributed by atoms with E-state index >= 15 is 0 Å². The molecule has 0 aromatic rings. The third kappa shape index (κ3) is 6.26. The molecular formula is C24H44Cl2S2Si2Zr. The standard InChI is InChI=1S/C22H38S2Si2.2CH3.2ClH.Zr/c1-13-9-16(12-19(13)25(4,5)6)26(7,8)22-20-17(10-14(2)23-20)18-11-15(3)24-21(18)22;;;;;/h10-11,13,16-22H,9,12H2,1-8H3;2*1H3;2*1H;/q;2*-1;;;+4/p-2. The predicted octanol–water partition coefficient (Wildman–Crippen LogP) is 10.1. The van der Waals surface area contributed by atoms with Crippen molar-refractivity contribution < 1.29 is 20.8 Å². The van der Waals surface area contributed by atoms with Crippen molar-refractivity contribution in [2.45, 2.75) is 93.5 Å². The van der Waals surface area contributed by atoms with E-state index in [9.17, 15) is 0 Å². The number of thioether (sulfide) groups is 2. The Balaban J connectivity index is 0.000000910. The SMILES string of the molecule is CC1=CC2C3C=C(C)SC3C([Si](C)(C)C3CC(C)C([Si](C)(C)C)C3)C2S1.[CH3-].[CH3-].[Cl][Zr+2][Cl]. The van der Waals surface area contributed by atoms with E-state index in [1.807, 2.05) is 0 Å². The molecule has 2 heterocycles. The normalized spacial score (nSPS) is 38.5. The molecule has 0 radical (unpaired) electrons. The molecule has 31 heavy (non-hydrogen) atoms. The minimum atomic E-state index is -1.32. The van der Waals surface area contributed by atoms with Crippen molar-refractivity contribution in [1.82, 2.24) is 0 Å². The second-order valence-corrected chi connectivity index (χ2v) is 28.6. The Morgan fingerprint density at radius 2 is 1.29 bits per heavy atom. The molecular weight excluding hydrogens is 571 g/mol. The summed E-state index contributed by atoms with van der Waals surface area (Å²) < 4.78 is 0. The van der Waals surface area contributed by atoms with Crippen LogP contribution in [0.4, 0.5) is 0 Å². The van der Waals surface area contributed by atoms with Crippen LogP contribution in [0.2, 0.25) is 49.4 Å². The molecule has 2 aliphatic carbocycles. The summed E-state index contributed by atoms with van der Waals surface area (Å²) in [5.41, 5.74) is 3.11. The van der Waals surface area contributed by atoms with E-state index in [0.29, 0.717) is 0 Å². The van der Waals surface area contributed by atoms with Crippen molar-refractivity contribution >= 4 is 56.7 Å². The van der Waals surface area contributed by atoms with Gasteiger partial charge in [0, 0.05) is 18.6 Å². The first kappa shape index (κ1) is 31.1. The van der Waals surface area contributed by atoms with Gasteiger partial charge in [-0.25, -0.2) is 0 Å². The van der Waals surface area contributed by atoms with Crippen LogP contribution < -0.4 is 0 Å². The Morgan fingerprint density at radius 3 is 1.65 bits per heavy atom. The fraction of sp³-hybridized carbons (Fsp3) is 0.750. The van der Waals surface area contributed by atoms with Crippen molar-refractivity contribution in [3.63, 3.8) is 0 Å². The van der Waals surface area contributed by atoms with E-state index in [-0.39, 0.29) is 14.9 Å². The predicted molar refractivity (Wildman–Crippen MR) is 152 cm³/mol. The molecule has 2 fully saturated rings. The van der Waals surface area contributed by atoms with Crippen molar-refractivity contribution in [3.8, 4) is 0 Å². The summed E-state index contributed by atoms with van der Waals surface area (Å²) in [6.45, 7) is 20.8. The summed E-state index contributed by atoms with van der Waals surface area (Å²) in [7, 11) is 7.52. The van der Waals surface area contributed by atoms with Crippen LogP contribution >= 0.6 is 40.5 Å². The fourth-order valence-corrected chi connectivity index (χ4v) is 20.1. The van der Waals surface area contributed by atoms with Gasteiger partial charge in [-0.1, -0.05) is 64.7 Å². The summed E-state index contributed by atoms with van der Waals surface area (Å²) >= 11 is 3.69. The molecule has 2 saturated carbocycles. The van der Waals surface area contributed by atoms with E-state index in [2.05, 4.69) is 89.2 Å². The third-order valence-corrected chi connectivity index (χ3v) is 19.6. The van der Waals surface area contributed by atoms with Gasteiger partial charge in [0.15, 0.2) is 0 Å². The van der Waals surface area contributed by atoms with E-state index in [1.54, 1.807) is 16.2 Å². The van der Waals surface area contributed by atoms with Gasteiger partial charge in [0.2, 0.25) is 0 Å². The molecule has 0 aromatic carbocycles. The molecule has 2 aliphatic heterocycles. The van der Waals surface area contributed by atoms with Gasteiger partial charge in [-0.3, -0.25) is 0 Å². The van der Waals surface area contributed by atoms with Crippen LogP contribution in [0.1, 0.15) is 33.6 Å². The number of hydrogen-bond acceptors (Lipinski definition) is 2. The van der Waals surface area contributed by atoms with Crippen LogP contribution in [0.15, 0.2) is 22.0 Å². The molecule has 0 aromatic heterocycles. The molecule has 0 spiro atoms. The molecule has 7 atom stereocenters. The first-order valence-corrected chi connectivity index (χ1v) is 25.9. The average molecular weight is 615 g/mol. The first-order chi connectivity index (χ1) is 13.4. The van der Waals surface area contributed by atoms with E-state index < -0.39 is 37.0 Å². The average Bonchev–Trinajstić information content (AvgIpc) is 3.28. The molecule has 7 unspecified atom stereocenters. The van der Waals surface area contributed by atoms with Gasteiger partial charge < -0.3 is 14.9 Å². The van der Waals surface area contributed by atoms with Gasteiger partial charge in [0.05, 0.1) is 8.07 Å². The maximum atomic E-state index is 4.93. The molecule has 178 valence electrons. The Bertz CT molecular complexity index is 645. The van der Waals surface area contributed by atoms with Crippen LogP contribution in [-0.2, 0) is 20.8 Å². The maximum absolute atomic E-state index is 4.93. The molecule has 0 nitrogen and oxygen atoms in total. The Morgan fingerprint density at radius 1 is 0.871 bits per heavy atom. The third-order valence-electron chi connectivity index (χ3n) is 8.31. The second-order valence-electron chi connectivity index (χ2n) is 11.4. The Hall–Kier alpha value is 2.08. The summed E-state index contributed by atoms with van der Waals surface area (Å²) in [5.74, 6) is 2.63. The van der Waals surface area contributed by atoms with Gasteiger partial charge in [0.25, 0.3) is 0 Å².